The lowest BCUT2D eigenvalue weighted by Gasteiger charge is -2.31. The normalized spacial score (nSPS) is 14.6. The van der Waals surface area contributed by atoms with Crippen molar-refractivity contribution in [3.8, 4) is 11.5 Å². The van der Waals surface area contributed by atoms with Gasteiger partial charge in [0.05, 0.1) is 5.69 Å². The van der Waals surface area contributed by atoms with E-state index in [9.17, 15) is 14.7 Å². The quantitative estimate of drug-likeness (QED) is 0.778. The largest absolute Gasteiger partial charge is 0.506 e. The Morgan fingerprint density at radius 2 is 1.86 bits per heavy atom. The predicted molar refractivity (Wildman–Crippen MR) is 107 cm³/mol. The number of benzene rings is 2. The number of amides is 2. The van der Waals surface area contributed by atoms with Gasteiger partial charge in [0.15, 0.2) is 6.61 Å². The third-order valence-corrected chi connectivity index (χ3v) is 5.06. The lowest BCUT2D eigenvalue weighted by Crippen LogP contribution is -2.43. The summed E-state index contributed by atoms with van der Waals surface area (Å²) in [5.41, 5.74) is 2.57. The van der Waals surface area contributed by atoms with Crippen molar-refractivity contribution >= 4 is 17.5 Å². The third-order valence-electron chi connectivity index (χ3n) is 5.06. The van der Waals surface area contributed by atoms with Crippen LogP contribution >= 0.6 is 0 Å². The fourth-order valence-corrected chi connectivity index (χ4v) is 3.40. The molecular weight excluding hydrogens is 356 g/mol. The minimum atomic E-state index is -0.177. The summed E-state index contributed by atoms with van der Waals surface area (Å²) < 4.78 is 5.67. The van der Waals surface area contributed by atoms with Gasteiger partial charge in [0.1, 0.15) is 11.5 Å². The second kappa shape index (κ2) is 8.78. The summed E-state index contributed by atoms with van der Waals surface area (Å²) in [6.45, 7) is 5.02. The number of hydrogen-bond acceptors (Lipinski definition) is 4. The van der Waals surface area contributed by atoms with Crippen molar-refractivity contribution in [2.45, 2.75) is 26.7 Å². The first-order valence-electron chi connectivity index (χ1n) is 9.50. The Kier molecular flexibility index (Phi) is 6.19. The highest BCUT2D eigenvalue weighted by molar-refractivity contribution is 5.94. The molecule has 28 heavy (non-hydrogen) atoms. The van der Waals surface area contributed by atoms with Crippen LogP contribution in [0.15, 0.2) is 42.5 Å². The Bertz CT molecular complexity index is 857. The highest BCUT2D eigenvalue weighted by Gasteiger charge is 2.28. The monoisotopic (exact) mass is 382 g/mol. The van der Waals surface area contributed by atoms with Gasteiger partial charge in [0.2, 0.25) is 5.91 Å². The Balaban J connectivity index is 1.47. The molecule has 0 spiro atoms. The minimum Gasteiger partial charge on any atom is -0.506 e. The smallest absolute Gasteiger partial charge is 0.260 e. The van der Waals surface area contributed by atoms with Crippen LogP contribution in [-0.2, 0) is 9.59 Å². The van der Waals surface area contributed by atoms with Crippen LogP contribution in [0.1, 0.15) is 24.0 Å². The van der Waals surface area contributed by atoms with Crippen molar-refractivity contribution in [2.24, 2.45) is 5.92 Å². The highest BCUT2D eigenvalue weighted by atomic mass is 16.5. The molecule has 6 heteroatoms. The van der Waals surface area contributed by atoms with Crippen LogP contribution in [0.2, 0.25) is 0 Å². The summed E-state index contributed by atoms with van der Waals surface area (Å²) in [6, 6.07) is 12.5. The van der Waals surface area contributed by atoms with E-state index in [0.29, 0.717) is 31.6 Å². The zero-order valence-electron chi connectivity index (χ0n) is 16.3. The number of rotatable bonds is 5. The number of nitrogens with zero attached hydrogens (tertiary/aromatic N) is 1. The van der Waals surface area contributed by atoms with E-state index in [4.69, 9.17) is 4.74 Å². The Morgan fingerprint density at radius 1 is 1.14 bits per heavy atom. The lowest BCUT2D eigenvalue weighted by atomic mass is 9.95. The zero-order chi connectivity index (χ0) is 20.1. The summed E-state index contributed by atoms with van der Waals surface area (Å²) in [5, 5.41) is 12.5. The molecule has 148 valence electrons. The highest BCUT2D eigenvalue weighted by Crippen LogP contribution is 2.25. The second-order valence-corrected chi connectivity index (χ2v) is 7.22. The van der Waals surface area contributed by atoms with Gasteiger partial charge in [-0.1, -0.05) is 29.8 Å². The van der Waals surface area contributed by atoms with Crippen molar-refractivity contribution in [3.63, 3.8) is 0 Å². The molecule has 6 nitrogen and oxygen atoms in total. The number of carbonyl (C=O) groups is 2. The molecule has 0 unspecified atom stereocenters. The Hall–Kier alpha value is -3.02. The van der Waals surface area contributed by atoms with Crippen LogP contribution < -0.4 is 10.1 Å². The third kappa shape index (κ3) is 4.82. The maximum absolute atomic E-state index is 12.4. The second-order valence-electron chi connectivity index (χ2n) is 7.22. The van der Waals surface area contributed by atoms with Crippen LogP contribution in [0.3, 0.4) is 0 Å². The van der Waals surface area contributed by atoms with Crippen molar-refractivity contribution < 1.29 is 19.4 Å². The van der Waals surface area contributed by atoms with Crippen molar-refractivity contribution in [2.75, 3.05) is 25.0 Å². The van der Waals surface area contributed by atoms with Gasteiger partial charge in [-0.05, 0) is 50.5 Å². The summed E-state index contributed by atoms with van der Waals surface area (Å²) in [7, 11) is 0. The number of para-hydroxylation sites is 2. The van der Waals surface area contributed by atoms with Crippen LogP contribution in [0.25, 0.3) is 0 Å². The van der Waals surface area contributed by atoms with Gasteiger partial charge < -0.3 is 20.1 Å². The van der Waals surface area contributed by atoms with E-state index in [1.807, 2.05) is 32.0 Å². The number of likely N-dealkylation sites (tertiary alicyclic amines) is 1. The molecule has 2 aromatic carbocycles. The van der Waals surface area contributed by atoms with E-state index in [0.717, 1.165) is 16.9 Å². The average molecular weight is 382 g/mol. The number of aromatic hydroxyl groups is 1. The van der Waals surface area contributed by atoms with Gasteiger partial charge in [-0.2, -0.15) is 0 Å². The number of hydrogen-bond donors (Lipinski definition) is 2. The molecule has 0 bridgehead atoms. The fraction of sp³-hybridized carbons (Fsp3) is 0.364. The number of piperidine rings is 1. The molecule has 0 radical (unpaired) electrons. The molecule has 0 aliphatic carbocycles. The van der Waals surface area contributed by atoms with Gasteiger partial charge in [-0.3, -0.25) is 9.59 Å². The van der Waals surface area contributed by atoms with E-state index in [2.05, 4.69) is 5.32 Å². The summed E-state index contributed by atoms with van der Waals surface area (Å²) in [5.74, 6) is 0.395. The van der Waals surface area contributed by atoms with Crippen molar-refractivity contribution in [1.29, 1.82) is 0 Å². The molecule has 3 rings (SSSR count). The number of aryl methyl sites for hydroxylation is 2. The SMILES string of the molecule is Cc1ccc(OCC(=O)N2CCC(C(=O)Nc3ccccc3O)CC2)c(C)c1. The molecule has 0 atom stereocenters. The molecule has 1 heterocycles. The van der Waals surface area contributed by atoms with Crippen molar-refractivity contribution in [1.82, 2.24) is 4.90 Å². The van der Waals surface area contributed by atoms with Crippen LogP contribution in [-0.4, -0.2) is 41.5 Å². The molecule has 2 amide bonds. The van der Waals surface area contributed by atoms with E-state index < -0.39 is 0 Å². The average Bonchev–Trinajstić information content (AvgIpc) is 2.69. The maximum Gasteiger partial charge on any atom is 0.260 e. The minimum absolute atomic E-state index is 0.00134. The number of carbonyl (C=O) groups excluding carboxylic acids is 2. The molecular formula is C22H26N2O4. The first-order valence-corrected chi connectivity index (χ1v) is 9.50. The molecule has 1 saturated heterocycles. The van der Waals surface area contributed by atoms with Gasteiger partial charge in [0.25, 0.3) is 5.91 Å². The van der Waals surface area contributed by atoms with E-state index in [1.54, 1.807) is 23.1 Å². The van der Waals surface area contributed by atoms with E-state index >= 15 is 0 Å². The van der Waals surface area contributed by atoms with E-state index in [-0.39, 0.29) is 30.1 Å². The first-order chi connectivity index (χ1) is 13.4. The van der Waals surface area contributed by atoms with Gasteiger partial charge in [-0.25, -0.2) is 0 Å². The van der Waals surface area contributed by atoms with Crippen LogP contribution in [0.5, 0.6) is 11.5 Å². The maximum atomic E-state index is 12.4. The van der Waals surface area contributed by atoms with E-state index in [1.165, 1.54) is 6.07 Å². The van der Waals surface area contributed by atoms with Gasteiger partial charge in [-0.15, -0.1) is 0 Å². The summed E-state index contributed by atoms with van der Waals surface area (Å²) in [6.07, 6.45) is 1.18. The topological polar surface area (TPSA) is 78.9 Å². The number of ether oxygens (including phenoxy) is 1. The Labute approximate surface area is 165 Å². The molecule has 0 saturated carbocycles. The van der Waals surface area contributed by atoms with Gasteiger partial charge in [0, 0.05) is 19.0 Å². The zero-order valence-corrected chi connectivity index (χ0v) is 16.3. The van der Waals surface area contributed by atoms with Crippen molar-refractivity contribution in [3.05, 3.63) is 53.6 Å². The number of nitrogens with one attached hydrogen (secondary N) is 1. The molecule has 1 aliphatic rings. The molecule has 0 aromatic heterocycles. The molecule has 1 aliphatic heterocycles. The number of anilines is 1. The lowest BCUT2D eigenvalue weighted by molar-refractivity contribution is -0.136. The number of phenolic OH excluding ortho intramolecular Hbond substituents is 1. The first kappa shape index (κ1) is 19.7. The molecule has 2 N–H and O–H groups in total. The summed E-state index contributed by atoms with van der Waals surface area (Å²) >= 11 is 0. The van der Waals surface area contributed by atoms with Crippen LogP contribution in [0.4, 0.5) is 5.69 Å². The summed E-state index contributed by atoms with van der Waals surface area (Å²) in [4.78, 5) is 26.6. The molecule has 2 aromatic rings. The Morgan fingerprint density at radius 3 is 2.54 bits per heavy atom. The van der Waals surface area contributed by atoms with Gasteiger partial charge >= 0.3 is 0 Å². The number of phenols is 1. The fourth-order valence-electron chi connectivity index (χ4n) is 3.40. The van der Waals surface area contributed by atoms with Crippen LogP contribution in [0, 0.1) is 19.8 Å². The predicted octanol–water partition coefficient (Wildman–Crippen LogP) is 3.27. The molecule has 1 fully saturated rings. The standard InChI is InChI=1S/C22H26N2O4/c1-15-7-8-20(16(2)13-15)28-14-21(26)24-11-9-17(10-12-24)22(27)23-18-5-3-4-6-19(18)25/h3-8,13,17,25H,9-12,14H2,1-2H3,(H,23,27).